The smallest absolute Gasteiger partial charge is 0.407 e. The van der Waals surface area contributed by atoms with E-state index in [2.05, 4.69) is 5.32 Å². The average Bonchev–Trinajstić information content (AvgIpc) is 2.26. The average molecular weight is 289 g/mol. The molecule has 6 nitrogen and oxygen atoms in total. The Kier molecular flexibility index (Phi) is 6.99. The van der Waals surface area contributed by atoms with Gasteiger partial charge < -0.3 is 19.9 Å². The molecule has 2 N–H and O–H groups in total. The van der Waals surface area contributed by atoms with Crippen LogP contribution in [0.4, 0.5) is 4.79 Å². The monoisotopic (exact) mass is 289 g/mol. The normalized spacial score (nSPS) is 14.8. The van der Waals surface area contributed by atoms with Gasteiger partial charge in [-0.15, -0.1) is 0 Å². The summed E-state index contributed by atoms with van der Waals surface area (Å²) in [5, 5.41) is 12.0. The number of ether oxygens (including phenoxy) is 2. The Morgan fingerprint density at radius 2 is 1.80 bits per heavy atom. The maximum Gasteiger partial charge on any atom is 0.407 e. The molecule has 0 aromatic rings. The number of amides is 1. The van der Waals surface area contributed by atoms with E-state index in [1.54, 1.807) is 41.5 Å². The van der Waals surface area contributed by atoms with Gasteiger partial charge in [0.1, 0.15) is 11.0 Å². The van der Waals surface area contributed by atoms with Crippen molar-refractivity contribution in [2.45, 2.75) is 47.1 Å². The summed E-state index contributed by atoms with van der Waals surface area (Å²) in [6, 6.07) is 0. The highest BCUT2D eigenvalue weighted by atomic mass is 16.6. The Bertz CT molecular complexity index is 335. The zero-order valence-electron chi connectivity index (χ0n) is 13.3. The van der Waals surface area contributed by atoms with Crippen molar-refractivity contribution in [1.29, 1.82) is 0 Å². The van der Waals surface area contributed by atoms with Crippen molar-refractivity contribution >= 4 is 12.1 Å². The number of aliphatic carboxylic acids is 1. The summed E-state index contributed by atoms with van der Waals surface area (Å²) >= 11 is 0. The van der Waals surface area contributed by atoms with Crippen molar-refractivity contribution in [2.75, 3.05) is 19.8 Å². The third kappa shape index (κ3) is 5.77. The Morgan fingerprint density at radius 3 is 2.15 bits per heavy atom. The molecule has 0 aromatic heterocycles. The summed E-state index contributed by atoms with van der Waals surface area (Å²) < 4.78 is 10.4. The predicted molar refractivity (Wildman–Crippen MR) is 75.6 cm³/mol. The molecule has 0 radical (unpaired) electrons. The molecule has 0 saturated carbocycles. The minimum Gasteiger partial charge on any atom is -0.481 e. The Hall–Kier alpha value is -1.30. The molecule has 0 heterocycles. The molecule has 20 heavy (non-hydrogen) atoms. The maximum atomic E-state index is 11.7. The van der Waals surface area contributed by atoms with Gasteiger partial charge in [-0.3, -0.25) is 4.79 Å². The number of rotatable bonds is 7. The molecule has 0 spiro atoms. The number of alkyl carbamates (subject to hydrolysis) is 1. The quantitative estimate of drug-likeness (QED) is 0.751. The van der Waals surface area contributed by atoms with E-state index in [1.165, 1.54) is 0 Å². The molecule has 0 fully saturated rings. The van der Waals surface area contributed by atoms with Crippen molar-refractivity contribution in [3.05, 3.63) is 0 Å². The van der Waals surface area contributed by atoms with Crippen LogP contribution in [0.3, 0.4) is 0 Å². The standard InChI is InChI=1S/C14H27NO5/c1-7-19-9-14(10(2)3,11(16)17)8-15-12(18)20-13(4,5)6/h10H,7-9H2,1-6H3,(H,15,18)(H,16,17). The lowest BCUT2D eigenvalue weighted by Crippen LogP contribution is -2.50. The lowest BCUT2D eigenvalue weighted by molar-refractivity contribution is -0.156. The first kappa shape index (κ1) is 18.7. The maximum absolute atomic E-state index is 11.7. The summed E-state index contributed by atoms with van der Waals surface area (Å²) in [6.07, 6.45) is -0.625. The molecule has 0 saturated heterocycles. The van der Waals surface area contributed by atoms with Crippen molar-refractivity contribution in [2.24, 2.45) is 11.3 Å². The molecule has 0 bridgehead atoms. The molecule has 0 rings (SSSR count). The van der Waals surface area contributed by atoms with Gasteiger partial charge >= 0.3 is 12.1 Å². The Balaban J connectivity index is 4.81. The van der Waals surface area contributed by atoms with Crippen LogP contribution in [0.2, 0.25) is 0 Å². The first-order chi connectivity index (χ1) is 9.05. The zero-order chi connectivity index (χ0) is 16.0. The fourth-order valence-electron chi connectivity index (χ4n) is 1.63. The summed E-state index contributed by atoms with van der Waals surface area (Å²) in [5.74, 6) is -1.18. The van der Waals surface area contributed by atoms with Gasteiger partial charge in [-0.1, -0.05) is 13.8 Å². The highest BCUT2D eigenvalue weighted by molar-refractivity contribution is 5.77. The van der Waals surface area contributed by atoms with Crippen LogP contribution >= 0.6 is 0 Å². The number of carbonyl (C=O) groups excluding carboxylic acids is 1. The molecular formula is C14H27NO5. The lowest BCUT2D eigenvalue weighted by Gasteiger charge is -2.33. The molecule has 1 atom stereocenters. The molecule has 118 valence electrons. The van der Waals surface area contributed by atoms with Crippen LogP contribution in [0, 0.1) is 11.3 Å². The minimum atomic E-state index is -1.16. The molecule has 1 unspecified atom stereocenters. The van der Waals surface area contributed by atoms with Gasteiger partial charge in [0.15, 0.2) is 0 Å². The number of nitrogens with one attached hydrogen (secondary N) is 1. The Labute approximate surface area is 120 Å². The van der Waals surface area contributed by atoms with E-state index < -0.39 is 23.1 Å². The molecule has 0 aliphatic rings. The molecule has 0 aliphatic heterocycles. The summed E-state index contributed by atoms with van der Waals surface area (Å²) in [4.78, 5) is 23.3. The van der Waals surface area contributed by atoms with E-state index in [0.29, 0.717) is 6.61 Å². The van der Waals surface area contributed by atoms with E-state index in [-0.39, 0.29) is 19.1 Å². The van der Waals surface area contributed by atoms with Crippen LogP contribution in [0.1, 0.15) is 41.5 Å². The van der Waals surface area contributed by atoms with Crippen LogP contribution in [0.5, 0.6) is 0 Å². The summed E-state index contributed by atoms with van der Waals surface area (Å²) in [6.45, 7) is 11.1. The highest BCUT2D eigenvalue weighted by Gasteiger charge is 2.42. The van der Waals surface area contributed by atoms with Gasteiger partial charge in [-0.25, -0.2) is 4.79 Å². The van der Waals surface area contributed by atoms with Crippen molar-refractivity contribution in [3.8, 4) is 0 Å². The van der Waals surface area contributed by atoms with Gasteiger partial charge in [0.25, 0.3) is 0 Å². The van der Waals surface area contributed by atoms with Crippen LogP contribution in [-0.4, -0.2) is 42.5 Å². The second kappa shape index (κ2) is 7.47. The van der Waals surface area contributed by atoms with Crippen LogP contribution in [0.25, 0.3) is 0 Å². The number of carboxylic acid groups (broad SMARTS) is 1. The second-order valence-corrected chi connectivity index (χ2v) is 6.11. The largest absolute Gasteiger partial charge is 0.481 e. The predicted octanol–water partition coefficient (Wildman–Crippen LogP) is 2.27. The number of hydrogen-bond acceptors (Lipinski definition) is 4. The second-order valence-electron chi connectivity index (χ2n) is 6.11. The first-order valence-electron chi connectivity index (χ1n) is 6.83. The zero-order valence-corrected chi connectivity index (χ0v) is 13.3. The number of hydrogen-bond donors (Lipinski definition) is 2. The minimum absolute atomic E-state index is 0.0328. The van der Waals surface area contributed by atoms with Crippen LogP contribution < -0.4 is 5.32 Å². The molecule has 0 aromatic carbocycles. The van der Waals surface area contributed by atoms with E-state index in [1.807, 2.05) is 0 Å². The van der Waals surface area contributed by atoms with E-state index in [9.17, 15) is 14.7 Å². The fourth-order valence-corrected chi connectivity index (χ4v) is 1.63. The van der Waals surface area contributed by atoms with E-state index >= 15 is 0 Å². The van der Waals surface area contributed by atoms with Gasteiger partial charge in [0.2, 0.25) is 0 Å². The molecule has 6 heteroatoms. The third-order valence-corrected chi connectivity index (χ3v) is 3.04. The molecule has 1 amide bonds. The van der Waals surface area contributed by atoms with Gasteiger partial charge in [0.05, 0.1) is 6.61 Å². The van der Waals surface area contributed by atoms with Gasteiger partial charge in [0, 0.05) is 13.2 Å². The third-order valence-electron chi connectivity index (χ3n) is 3.04. The topological polar surface area (TPSA) is 84.9 Å². The SMILES string of the molecule is CCOCC(CNC(=O)OC(C)(C)C)(C(=O)O)C(C)C. The fraction of sp³-hybridized carbons (Fsp3) is 0.857. The highest BCUT2D eigenvalue weighted by Crippen LogP contribution is 2.28. The van der Waals surface area contributed by atoms with Gasteiger partial charge in [-0.2, -0.15) is 0 Å². The lowest BCUT2D eigenvalue weighted by atomic mass is 9.77. The van der Waals surface area contributed by atoms with Crippen molar-refractivity contribution in [1.82, 2.24) is 5.32 Å². The molecule has 0 aliphatic carbocycles. The van der Waals surface area contributed by atoms with E-state index in [0.717, 1.165) is 0 Å². The first-order valence-corrected chi connectivity index (χ1v) is 6.83. The Morgan fingerprint density at radius 1 is 1.25 bits per heavy atom. The van der Waals surface area contributed by atoms with Crippen LogP contribution in [0.15, 0.2) is 0 Å². The van der Waals surface area contributed by atoms with E-state index in [4.69, 9.17) is 9.47 Å². The van der Waals surface area contributed by atoms with Crippen molar-refractivity contribution < 1.29 is 24.2 Å². The summed E-state index contributed by atoms with van der Waals surface area (Å²) in [5.41, 5.74) is -1.78. The summed E-state index contributed by atoms with van der Waals surface area (Å²) in [7, 11) is 0. The van der Waals surface area contributed by atoms with Gasteiger partial charge in [-0.05, 0) is 33.6 Å². The molecular weight excluding hydrogens is 262 g/mol. The van der Waals surface area contributed by atoms with Crippen molar-refractivity contribution in [3.63, 3.8) is 0 Å². The van der Waals surface area contributed by atoms with Crippen LogP contribution in [-0.2, 0) is 14.3 Å². The number of carbonyl (C=O) groups is 2. The number of carboxylic acids is 1.